The van der Waals surface area contributed by atoms with E-state index in [2.05, 4.69) is 26.0 Å². The number of hydrogen-bond acceptors (Lipinski definition) is 6. The molecule has 1 unspecified atom stereocenters. The number of nitrogens with zero attached hydrogens (tertiary/aromatic N) is 2. The van der Waals surface area contributed by atoms with Crippen LogP contribution in [0.3, 0.4) is 0 Å². The van der Waals surface area contributed by atoms with Gasteiger partial charge >= 0.3 is 0 Å². The topological polar surface area (TPSA) is 105 Å². The zero-order chi connectivity index (χ0) is 12.3. The number of rotatable bonds is 3. The minimum absolute atomic E-state index is 0.103. The van der Waals surface area contributed by atoms with Gasteiger partial charge in [-0.15, -0.1) is 0 Å². The first kappa shape index (κ1) is 11.6. The third-order valence-electron chi connectivity index (χ3n) is 2.60. The van der Waals surface area contributed by atoms with E-state index < -0.39 is 0 Å². The van der Waals surface area contributed by atoms with Gasteiger partial charge in [0.05, 0.1) is 0 Å². The predicted octanol–water partition coefficient (Wildman–Crippen LogP) is -0.239. The highest BCUT2D eigenvalue weighted by molar-refractivity contribution is 5.77. The van der Waals surface area contributed by atoms with Crippen LogP contribution in [0.5, 0.6) is 0 Å². The van der Waals surface area contributed by atoms with Crippen LogP contribution in [0, 0.1) is 6.92 Å². The Balaban J connectivity index is 2.02. The monoisotopic (exact) mass is 236 g/mol. The summed E-state index contributed by atoms with van der Waals surface area (Å²) in [6, 6.07) is 1.94. The van der Waals surface area contributed by atoms with Gasteiger partial charge in [0.15, 0.2) is 0 Å². The Morgan fingerprint density at radius 3 is 2.88 bits per heavy atom. The second-order valence-corrected chi connectivity index (χ2v) is 4.01. The molecule has 1 aromatic heterocycles. The number of piperidine rings is 1. The summed E-state index contributed by atoms with van der Waals surface area (Å²) in [5, 5.41) is 6.07. The van der Waals surface area contributed by atoms with Gasteiger partial charge < -0.3 is 16.1 Å². The Labute approximate surface area is 99.2 Å². The molecule has 0 saturated carbocycles. The first-order chi connectivity index (χ1) is 8.17. The molecule has 1 aliphatic heterocycles. The van der Waals surface area contributed by atoms with E-state index in [4.69, 9.17) is 5.84 Å². The van der Waals surface area contributed by atoms with Crippen molar-refractivity contribution >= 4 is 17.5 Å². The molecule has 0 spiro atoms. The molecule has 5 N–H and O–H groups in total. The number of amides is 1. The lowest BCUT2D eigenvalue weighted by Gasteiger charge is -2.24. The van der Waals surface area contributed by atoms with Crippen molar-refractivity contribution < 1.29 is 4.79 Å². The fraction of sp³-hybridized carbons (Fsp3) is 0.500. The van der Waals surface area contributed by atoms with Crippen molar-refractivity contribution in [3.63, 3.8) is 0 Å². The van der Waals surface area contributed by atoms with Crippen molar-refractivity contribution in [1.82, 2.24) is 15.3 Å². The van der Waals surface area contributed by atoms with Gasteiger partial charge in [0.2, 0.25) is 5.91 Å². The molecule has 1 saturated heterocycles. The number of aromatic nitrogens is 2. The molecular formula is C10H16N6O. The van der Waals surface area contributed by atoms with Gasteiger partial charge in [-0.2, -0.15) is 0 Å². The molecule has 1 amide bonds. The summed E-state index contributed by atoms with van der Waals surface area (Å²) in [6.07, 6.45) is 1.35. The number of carbonyl (C=O) groups is 1. The maximum Gasteiger partial charge on any atom is 0.220 e. The number of nitrogen functional groups attached to an aromatic ring is 1. The Bertz CT molecular complexity index is 411. The molecule has 1 atom stereocenters. The number of hydrazine groups is 1. The van der Waals surface area contributed by atoms with Gasteiger partial charge in [0, 0.05) is 25.1 Å². The van der Waals surface area contributed by atoms with Crippen LogP contribution in [-0.2, 0) is 4.79 Å². The van der Waals surface area contributed by atoms with Gasteiger partial charge in [-0.3, -0.25) is 4.79 Å². The number of anilines is 2. The average molecular weight is 236 g/mol. The fourth-order valence-corrected chi connectivity index (χ4v) is 1.78. The van der Waals surface area contributed by atoms with Crippen LogP contribution in [0.15, 0.2) is 6.07 Å². The van der Waals surface area contributed by atoms with Crippen LogP contribution in [0.25, 0.3) is 0 Å². The minimum Gasteiger partial charge on any atom is -0.365 e. The lowest BCUT2D eigenvalue weighted by molar-refractivity contribution is -0.122. The number of aryl methyl sites for hydroxylation is 1. The Morgan fingerprint density at radius 1 is 1.47 bits per heavy atom. The maximum atomic E-state index is 11.0. The van der Waals surface area contributed by atoms with Crippen molar-refractivity contribution in [2.75, 3.05) is 17.3 Å². The third kappa shape index (κ3) is 3.04. The zero-order valence-electron chi connectivity index (χ0n) is 9.66. The standard InChI is InChI=1S/C10H16N6O/c1-6-13-8(4-9(14-6)16-11)15-7-2-3-10(17)12-5-7/h4,7H,2-3,5,11H2,1H3,(H,12,17)(H2,13,14,15,16). The molecule has 92 valence electrons. The summed E-state index contributed by atoms with van der Waals surface area (Å²) in [4.78, 5) is 19.4. The summed E-state index contributed by atoms with van der Waals surface area (Å²) < 4.78 is 0. The van der Waals surface area contributed by atoms with Gasteiger partial charge in [0.1, 0.15) is 17.5 Å². The van der Waals surface area contributed by atoms with E-state index >= 15 is 0 Å². The average Bonchev–Trinajstić information content (AvgIpc) is 2.31. The smallest absolute Gasteiger partial charge is 0.220 e. The Kier molecular flexibility index (Phi) is 3.38. The van der Waals surface area contributed by atoms with Crippen molar-refractivity contribution in [2.45, 2.75) is 25.8 Å². The Hall–Kier alpha value is -1.89. The van der Waals surface area contributed by atoms with Crippen LogP contribution in [0.1, 0.15) is 18.7 Å². The maximum absolute atomic E-state index is 11.0. The normalized spacial score (nSPS) is 19.6. The van der Waals surface area contributed by atoms with Gasteiger partial charge in [0.25, 0.3) is 0 Å². The highest BCUT2D eigenvalue weighted by Crippen LogP contribution is 2.14. The highest BCUT2D eigenvalue weighted by Gasteiger charge is 2.18. The quantitative estimate of drug-likeness (QED) is 0.426. The van der Waals surface area contributed by atoms with E-state index in [1.807, 2.05) is 0 Å². The SMILES string of the molecule is Cc1nc(NN)cc(NC2CCC(=O)NC2)n1. The molecule has 2 rings (SSSR count). The van der Waals surface area contributed by atoms with Crippen molar-refractivity contribution in [1.29, 1.82) is 0 Å². The Morgan fingerprint density at radius 2 is 2.24 bits per heavy atom. The van der Waals surface area contributed by atoms with Gasteiger partial charge in [-0.1, -0.05) is 0 Å². The summed E-state index contributed by atoms with van der Waals surface area (Å²) in [5.74, 6) is 7.34. The fourth-order valence-electron chi connectivity index (χ4n) is 1.78. The molecule has 2 heterocycles. The molecule has 1 aromatic rings. The summed E-state index contributed by atoms with van der Waals surface area (Å²) >= 11 is 0. The van der Waals surface area contributed by atoms with E-state index in [1.54, 1.807) is 13.0 Å². The molecule has 7 nitrogen and oxygen atoms in total. The molecule has 1 aliphatic rings. The van der Waals surface area contributed by atoms with Crippen LogP contribution < -0.4 is 21.9 Å². The summed E-state index contributed by atoms with van der Waals surface area (Å²) in [7, 11) is 0. The summed E-state index contributed by atoms with van der Waals surface area (Å²) in [5.41, 5.74) is 2.49. The number of nitrogens with two attached hydrogens (primary N) is 1. The number of carbonyl (C=O) groups excluding carboxylic acids is 1. The second kappa shape index (κ2) is 4.96. The second-order valence-electron chi connectivity index (χ2n) is 4.01. The largest absolute Gasteiger partial charge is 0.365 e. The van der Waals surface area contributed by atoms with Crippen LogP contribution in [-0.4, -0.2) is 28.5 Å². The van der Waals surface area contributed by atoms with Crippen molar-refractivity contribution in [3.8, 4) is 0 Å². The number of nitrogens with one attached hydrogen (secondary N) is 3. The first-order valence-electron chi connectivity index (χ1n) is 5.53. The van der Waals surface area contributed by atoms with E-state index in [0.717, 1.165) is 6.42 Å². The van der Waals surface area contributed by atoms with Crippen LogP contribution in [0.2, 0.25) is 0 Å². The van der Waals surface area contributed by atoms with E-state index in [-0.39, 0.29) is 11.9 Å². The lowest BCUT2D eigenvalue weighted by atomic mass is 10.1. The molecule has 0 radical (unpaired) electrons. The lowest BCUT2D eigenvalue weighted by Crippen LogP contribution is -2.42. The third-order valence-corrected chi connectivity index (χ3v) is 2.60. The van der Waals surface area contributed by atoms with Crippen LogP contribution in [0.4, 0.5) is 11.6 Å². The molecule has 7 heteroatoms. The molecule has 0 aromatic carbocycles. The van der Waals surface area contributed by atoms with Crippen molar-refractivity contribution in [2.24, 2.45) is 5.84 Å². The highest BCUT2D eigenvalue weighted by atomic mass is 16.1. The first-order valence-corrected chi connectivity index (χ1v) is 5.53. The van der Waals surface area contributed by atoms with E-state index in [9.17, 15) is 4.79 Å². The molecule has 17 heavy (non-hydrogen) atoms. The zero-order valence-corrected chi connectivity index (χ0v) is 9.66. The van der Waals surface area contributed by atoms with Crippen LogP contribution >= 0.6 is 0 Å². The molecular weight excluding hydrogens is 220 g/mol. The molecule has 0 aliphatic carbocycles. The summed E-state index contributed by atoms with van der Waals surface area (Å²) in [6.45, 7) is 2.42. The molecule has 0 bridgehead atoms. The van der Waals surface area contributed by atoms with E-state index in [1.165, 1.54) is 0 Å². The minimum atomic E-state index is 0.103. The predicted molar refractivity (Wildman–Crippen MR) is 64.2 cm³/mol. The number of hydrogen-bond donors (Lipinski definition) is 4. The van der Waals surface area contributed by atoms with E-state index in [0.29, 0.717) is 30.4 Å². The van der Waals surface area contributed by atoms with Gasteiger partial charge in [-0.05, 0) is 13.3 Å². The molecule has 1 fully saturated rings. The van der Waals surface area contributed by atoms with Gasteiger partial charge in [-0.25, -0.2) is 15.8 Å². The van der Waals surface area contributed by atoms with Crippen molar-refractivity contribution in [3.05, 3.63) is 11.9 Å².